The molecule has 0 bridgehead atoms. The first-order valence-electron chi connectivity index (χ1n) is 8.63. The molecule has 0 aromatic heterocycles. The number of carbonyl (C=O) groups is 1. The van der Waals surface area contributed by atoms with E-state index in [4.69, 9.17) is 0 Å². The van der Waals surface area contributed by atoms with Gasteiger partial charge in [0.25, 0.3) is 0 Å². The molecule has 4 unspecified atom stereocenters. The monoisotopic (exact) mass is 278 g/mol. The molecular weight excluding hydrogens is 248 g/mol. The smallest absolute Gasteiger partial charge is 0.237 e. The minimum atomic E-state index is 0.0702. The van der Waals surface area contributed by atoms with Crippen molar-refractivity contribution in [3.63, 3.8) is 0 Å². The molecule has 0 spiro atoms. The lowest BCUT2D eigenvalue weighted by atomic mass is 9.73. The summed E-state index contributed by atoms with van der Waals surface area (Å²) in [4.78, 5) is 12.6. The zero-order valence-corrected chi connectivity index (χ0v) is 13.1. The molecule has 1 aliphatic heterocycles. The van der Waals surface area contributed by atoms with Gasteiger partial charge in [-0.15, -0.1) is 0 Å². The zero-order chi connectivity index (χ0) is 14.2. The highest BCUT2D eigenvalue weighted by Crippen LogP contribution is 2.36. The number of rotatable bonds is 2. The highest BCUT2D eigenvalue weighted by molar-refractivity contribution is 5.82. The first-order valence-corrected chi connectivity index (χ1v) is 8.63. The van der Waals surface area contributed by atoms with Crippen LogP contribution in [-0.2, 0) is 4.79 Å². The van der Waals surface area contributed by atoms with Crippen molar-refractivity contribution in [2.75, 3.05) is 0 Å². The summed E-state index contributed by atoms with van der Waals surface area (Å²) in [6.45, 7) is 4.61. The van der Waals surface area contributed by atoms with Crippen molar-refractivity contribution in [1.82, 2.24) is 10.6 Å². The van der Waals surface area contributed by atoms with Gasteiger partial charge in [0.05, 0.1) is 6.04 Å². The summed E-state index contributed by atoms with van der Waals surface area (Å²) in [5.41, 5.74) is 0.263. The van der Waals surface area contributed by atoms with Crippen LogP contribution in [0.3, 0.4) is 0 Å². The van der Waals surface area contributed by atoms with E-state index in [0.29, 0.717) is 12.1 Å². The number of fused-ring (bicyclic) bond motifs is 1. The molecular formula is C17H30N2O. The Morgan fingerprint density at radius 2 is 1.85 bits per heavy atom. The van der Waals surface area contributed by atoms with Crippen LogP contribution in [-0.4, -0.2) is 24.0 Å². The van der Waals surface area contributed by atoms with Crippen molar-refractivity contribution < 1.29 is 4.79 Å². The first kappa shape index (κ1) is 14.4. The quantitative estimate of drug-likeness (QED) is 0.815. The average molecular weight is 278 g/mol. The standard InChI is InChI=1S/C17H30N2O/c1-17(2)10-6-5-9-15(17)19-16(20)14-11-12-7-3-4-8-13(12)18-14/h12-15,18H,3-11H2,1-2H3,(H,19,20). The number of nitrogens with one attached hydrogen (secondary N) is 2. The molecule has 1 amide bonds. The van der Waals surface area contributed by atoms with E-state index in [2.05, 4.69) is 24.5 Å². The third-order valence-corrected chi connectivity index (χ3v) is 6.00. The molecule has 4 atom stereocenters. The van der Waals surface area contributed by atoms with E-state index in [9.17, 15) is 4.79 Å². The van der Waals surface area contributed by atoms with Crippen LogP contribution in [0.25, 0.3) is 0 Å². The molecule has 3 fully saturated rings. The molecule has 1 heterocycles. The van der Waals surface area contributed by atoms with Crippen molar-refractivity contribution in [3.8, 4) is 0 Å². The van der Waals surface area contributed by atoms with Crippen LogP contribution < -0.4 is 10.6 Å². The van der Waals surface area contributed by atoms with Crippen molar-refractivity contribution >= 4 is 5.91 Å². The molecule has 2 aliphatic carbocycles. The molecule has 2 saturated carbocycles. The minimum absolute atomic E-state index is 0.0702. The second kappa shape index (κ2) is 5.67. The molecule has 1 saturated heterocycles. The van der Waals surface area contributed by atoms with Crippen LogP contribution in [0.15, 0.2) is 0 Å². The average Bonchev–Trinajstić information content (AvgIpc) is 2.85. The number of hydrogen-bond donors (Lipinski definition) is 2. The van der Waals surface area contributed by atoms with Gasteiger partial charge in [-0.1, -0.05) is 39.5 Å². The number of amides is 1. The third kappa shape index (κ3) is 2.88. The minimum Gasteiger partial charge on any atom is -0.351 e. The summed E-state index contributed by atoms with van der Waals surface area (Å²) >= 11 is 0. The number of carbonyl (C=O) groups excluding carboxylic acids is 1. The third-order valence-electron chi connectivity index (χ3n) is 6.00. The highest BCUT2D eigenvalue weighted by Gasteiger charge is 2.40. The van der Waals surface area contributed by atoms with Crippen molar-refractivity contribution in [3.05, 3.63) is 0 Å². The lowest BCUT2D eigenvalue weighted by Gasteiger charge is -2.39. The van der Waals surface area contributed by atoms with E-state index in [-0.39, 0.29) is 17.4 Å². The van der Waals surface area contributed by atoms with E-state index >= 15 is 0 Å². The van der Waals surface area contributed by atoms with Crippen LogP contribution in [0.5, 0.6) is 0 Å². The largest absolute Gasteiger partial charge is 0.351 e. The predicted molar refractivity (Wildman–Crippen MR) is 81.5 cm³/mol. The second-order valence-corrected chi connectivity index (χ2v) is 7.90. The van der Waals surface area contributed by atoms with Crippen LogP contribution >= 0.6 is 0 Å². The zero-order valence-electron chi connectivity index (χ0n) is 13.1. The molecule has 0 aromatic carbocycles. The van der Waals surface area contributed by atoms with Crippen LogP contribution in [0.2, 0.25) is 0 Å². The van der Waals surface area contributed by atoms with Crippen LogP contribution in [0, 0.1) is 11.3 Å². The molecule has 0 aromatic rings. The van der Waals surface area contributed by atoms with Crippen molar-refractivity contribution in [2.24, 2.45) is 11.3 Å². The Morgan fingerprint density at radius 1 is 1.10 bits per heavy atom. The SMILES string of the molecule is CC1(C)CCCCC1NC(=O)C1CC2CCCCC2N1. The Hall–Kier alpha value is -0.570. The lowest BCUT2D eigenvalue weighted by Crippen LogP contribution is -2.52. The van der Waals surface area contributed by atoms with Gasteiger partial charge in [-0.3, -0.25) is 4.79 Å². The maximum atomic E-state index is 12.6. The Bertz CT molecular complexity index is 352. The maximum absolute atomic E-state index is 12.6. The van der Waals surface area contributed by atoms with Gasteiger partial charge in [-0.05, 0) is 43.4 Å². The fraction of sp³-hybridized carbons (Fsp3) is 0.941. The van der Waals surface area contributed by atoms with Gasteiger partial charge in [0.1, 0.15) is 0 Å². The fourth-order valence-electron chi connectivity index (χ4n) is 4.56. The molecule has 0 radical (unpaired) electrons. The van der Waals surface area contributed by atoms with E-state index in [0.717, 1.165) is 18.8 Å². The highest BCUT2D eigenvalue weighted by atomic mass is 16.2. The summed E-state index contributed by atoms with van der Waals surface area (Å²) < 4.78 is 0. The lowest BCUT2D eigenvalue weighted by molar-refractivity contribution is -0.124. The molecule has 20 heavy (non-hydrogen) atoms. The molecule has 114 valence electrons. The topological polar surface area (TPSA) is 41.1 Å². The van der Waals surface area contributed by atoms with Gasteiger partial charge in [0, 0.05) is 12.1 Å². The second-order valence-electron chi connectivity index (χ2n) is 7.90. The van der Waals surface area contributed by atoms with Gasteiger partial charge in [0.15, 0.2) is 0 Å². The Labute approximate surface area is 123 Å². The summed E-state index contributed by atoms with van der Waals surface area (Å²) in [5, 5.41) is 6.96. The summed E-state index contributed by atoms with van der Waals surface area (Å²) in [5.74, 6) is 1.01. The predicted octanol–water partition coefficient (Wildman–Crippen LogP) is 2.99. The van der Waals surface area contributed by atoms with Gasteiger partial charge in [-0.25, -0.2) is 0 Å². The fourth-order valence-corrected chi connectivity index (χ4v) is 4.56. The van der Waals surface area contributed by atoms with Crippen LogP contribution in [0.4, 0.5) is 0 Å². The van der Waals surface area contributed by atoms with Gasteiger partial charge in [0.2, 0.25) is 5.91 Å². The Morgan fingerprint density at radius 3 is 2.60 bits per heavy atom. The maximum Gasteiger partial charge on any atom is 0.237 e. The van der Waals surface area contributed by atoms with Gasteiger partial charge >= 0.3 is 0 Å². The first-order chi connectivity index (χ1) is 9.56. The normalized spacial score (nSPS) is 40.1. The molecule has 2 N–H and O–H groups in total. The van der Waals surface area contributed by atoms with Crippen molar-refractivity contribution in [1.29, 1.82) is 0 Å². The van der Waals surface area contributed by atoms with Gasteiger partial charge < -0.3 is 10.6 Å². The van der Waals surface area contributed by atoms with E-state index in [1.54, 1.807) is 0 Å². The molecule has 3 rings (SSSR count). The van der Waals surface area contributed by atoms with E-state index < -0.39 is 0 Å². The van der Waals surface area contributed by atoms with E-state index in [1.165, 1.54) is 44.9 Å². The van der Waals surface area contributed by atoms with Crippen LogP contribution in [0.1, 0.15) is 71.6 Å². The van der Waals surface area contributed by atoms with E-state index in [1.807, 2.05) is 0 Å². The summed E-state index contributed by atoms with van der Waals surface area (Å²) in [6, 6.07) is 1.05. The summed E-state index contributed by atoms with van der Waals surface area (Å²) in [7, 11) is 0. The van der Waals surface area contributed by atoms with Crippen molar-refractivity contribution in [2.45, 2.75) is 89.8 Å². The molecule has 3 nitrogen and oxygen atoms in total. The summed E-state index contributed by atoms with van der Waals surface area (Å²) in [6.07, 6.45) is 11.3. The van der Waals surface area contributed by atoms with Gasteiger partial charge in [-0.2, -0.15) is 0 Å². The number of hydrogen-bond acceptors (Lipinski definition) is 2. The molecule has 3 aliphatic rings. The Balaban J connectivity index is 1.57. The Kier molecular flexibility index (Phi) is 4.07. The molecule has 3 heteroatoms.